The first kappa shape index (κ1) is 17.4. The van der Waals surface area contributed by atoms with Crippen LogP contribution in [-0.2, 0) is 9.59 Å². The molecular weight excluding hydrogens is 278 g/mol. The average molecular weight is 301 g/mol. The van der Waals surface area contributed by atoms with Crippen LogP contribution in [0, 0.1) is 0 Å². The molecule has 3 N–H and O–H groups in total. The van der Waals surface area contributed by atoms with E-state index >= 15 is 0 Å². The van der Waals surface area contributed by atoms with Crippen LogP contribution in [0.3, 0.4) is 0 Å². The van der Waals surface area contributed by atoms with Crippen LogP contribution in [-0.4, -0.2) is 76.7 Å². The Morgan fingerprint density at radius 2 is 1.95 bits per heavy atom. The topological polar surface area (TPSA) is 110 Å². The largest absolute Gasteiger partial charge is 0.394 e. The summed E-state index contributed by atoms with van der Waals surface area (Å²) in [5.74, 6) is -0.594. The summed E-state index contributed by atoms with van der Waals surface area (Å²) in [6.07, 6.45) is 0.857. The number of hydrogen-bond acceptors (Lipinski definition) is 5. The number of nitrogens with zero attached hydrogens (tertiary/aromatic N) is 2. The molecule has 0 radical (unpaired) electrons. The first-order valence-corrected chi connectivity index (χ1v) is 6.97. The number of nitrogens with one attached hydrogen (secondary N) is 1. The number of carbonyl (C=O) groups excluding carboxylic acids is 3. The van der Waals surface area contributed by atoms with Gasteiger partial charge in [0.1, 0.15) is 6.54 Å². The third kappa shape index (κ3) is 4.15. The Kier molecular flexibility index (Phi) is 6.10. The Balaban J connectivity index is 2.40. The molecule has 120 valence electrons. The van der Waals surface area contributed by atoms with Crippen molar-refractivity contribution in [3.8, 4) is 0 Å². The summed E-state index contributed by atoms with van der Waals surface area (Å²) >= 11 is 0. The molecule has 0 aliphatic carbocycles. The molecule has 1 aliphatic heterocycles. The number of amides is 4. The summed E-state index contributed by atoms with van der Waals surface area (Å²) in [5.41, 5.74) is -1.02. The zero-order chi connectivity index (χ0) is 16.0. The first-order valence-electron chi connectivity index (χ1n) is 6.97. The summed E-state index contributed by atoms with van der Waals surface area (Å²) in [4.78, 5) is 37.4. The van der Waals surface area contributed by atoms with Gasteiger partial charge in [0.25, 0.3) is 0 Å². The Bertz CT molecular complexity index is 400. The van der Waals surface area contributed by atoms with Gasteiger partial charge in [0.15, 0.2) is 0 Å². The lowest BCUT2D eigenvalue weighted by molar-refractivity contribution is -0.127. The van der Waals surface area contributed by atoms with Crippen LogP contribution in [0.1, 0.15) is 26.2 Å². The molecule has 4 amide bonds. The highest BCUT2D eigenvalue weighted by Gasteiger charge is 2.33. The quantitative estimate of drug-likeness (QED) is 0.493. The van der Waals surface area contributed by atoms with Crippen molar-refractivity contribution in [3.63, 3.8) is 0 Å². The van der Waals surface area contributed by atoms with Crippen molar-refractivity contribution in [2.24, 2.45) is 0 Å². The molecule has 0 unspecified atom stereocenters. The van der Waals surface area contributed by atoms with Gasteiger partial charge in [-0.15, -0.1) is 0 Å². The summed E-state index contributed by atoms with van der Waals surface area (Å²) in [6.45, 7) is 1.31. The van der Waals surface area contributed by atoms with Crippen molar-refractivity contribution in [2.75, 3.05) is 33.4 Å². The third-order valence-corrected chi connectivity index (χ3v) is 3.70. The molecule has 0 bridgehead atoms. The van der Waals surface area contributed by atoms with Gasteiger partial charge in [-0.1, -0.05) is 6.92 Å². The molecule has 8 nitrogen and oxygen atoms in total. The number of hydrogen-bond donors (Lipinski definition) is 3. The number of carbonyl (C=O) groups is 3. The van der Waals surface area contributed by atoms with Crippen molar-refractivity contribution < 1.29 is 24.6 Å². The monoisotopic (exact) mass is 301 g/mol. The standard InChI is InChI=1S/C13H23N3O5/c1-3-13(8-17,9-18)14-10(19)5-4-6-16-11(20)7-15(2)12(16)21/h17-18H,3-9H2,1-2H3,(H,14,19). The summed E-state index contributed by atoms with van der Waals surface area (Å²) in [7, 11) is 1.55. The highest BCUT2D eigenvalue weighted by atomic mass is 16.3. The molecule has 0 atom stereocenters. The Labute approximate surface area is 123 Å². The van der Waals surface area contributed by atoms with Gasteiger partial charge in [-0.3, -0.25) is 14.5 Å². The minimum atomic E-state index is -1.02. The van der Waals surface area contributed by atoms with E-state index in [-0.39, 0.29) is 50.6 Å². The molecule has 1 rings (SSSR count). The minimum absolute atomic E-state index is 0.0685. The van der Waals surface area contributed by atoms with Crippen molar-refractivity contribution >= 4 is 17.8 Å². The molecule has 21 heavy (non-hydrogen) atoms. The molecule has 1 fully saturated rings. The average Bonchev–Trinajstić information content (AvgIpc) is 2.71. The van der Waals surface area contributed by atoms with Gasteiger partial charge in [-0.05, 0) is 12.8 Å². The van der Waals surface area contributed by atoms with Crippen LogP contribution in [0.4, 0.5) is 4.79 Å². The maximum absolute atomic E-state index is 11.8. The fourth-order valence-electron chi connectivity index (χ4n) is 2.09. The van der Waals surface area contributed by atoms with E-state index in [1.54, 1.807) is 14.0 Å². The molecular formula is C13H23N3O5. The van der Waals surface area contributed by atoms with E-state index in [4.69, 9.17) is 0 Å². The van der Waals surface area contributed by atoms with Gasteiger partial charge in [-0.2, -0.15) is 0 Å². The second-order valence-electron chi connectivity index (χ2n) is 5.29. The van der Waals surface area contributed by atoms with Gasteiger partial charge >= 0.3 is 6.03 Å². The van der Waals surface area contributed by atoms with Gasteiger partial charge in [-0.25, -0.2) is 4.79 Å². The van der Waals surface area contributed by atoms with Crippen molar-refractivity contribution in [1.82, 2.24) is 15.1 Å². The van der Waals surface area contributed by atoms with Crippen molar-refractivity contribution in [3.05, 3.63) is 0 Å². The Hall–Kier alpha value is -1.67. The minimum Gasteiger partial charge on any atom is -0.394 e. The SMILES string of the molecule is CCC(CO)(CO)NC(=O)CCCN1C(=O)CN(C)C1=O. The lowest BCUT2D eigenvalue weighted by Crippen LogP contribution is -2.53. The smallest absolute Gasteiger partial charge is 0.326 e. The van der Waals surface area contributed by atoms with Gasteiger partial charge in [0.2, 0.25) is 11.8 Å². The van der Waals surface area contributed by atoms with E-state index < -0.39 is 5.54 Å². The van der Waals surface area contributed by atoms with E-state index in [2.05, 4.69) is 5.32 Å². The van der Waals surface area contributed by atoms with Crippen molar-refractivity contribution in [2.45, 2.75) is 31.7 Å². The van der Waals surface area contributed by atoms with Gasteiger partial charge in [0.05, 0.1) is 18.8 Å². The second-order valence-corrected chi connectivity index (χ2v) is 5.29. The molecule has 1 aliphatic rings. The van der Waals surface area contributed by atoms with E-state index in [1.165, 1.54) is 4.90 Å². The second kappa shape index (κ2) is 7.37. The Morgan fingerprint density at radius 1 is 1.33 bits per heavy atom. The molecule has 0 aromatic heterocycles. The highest BCUT2D eigenvalue weighted by molar-refractivity contribution is 6.01. The van der Waals surface area contributed by atoms with E-state index in [0.29, 0.717) is 12.8 Å². The molecule has 0 aromatic rings. The molecule has 0 spiro atoms. The zero-order valence-electron chi connectivity index (χ0n) is 12.5. The Morgan fingerprint density at radius 3 is 2.38 bits per heavy atom. The van der Waals surface area contributed by atoms with E-state index in [1.807, 2.05) is 0 Å². The maximum atomic E-state index is 11.8. The van der Waals surface area contributed by atoms with Crippen molar-refractivity contribution in [1.29, 1.82) is 0 Å². The lowest BCUT2D eigenvalue weighted by Gasteiger charge is -2.29. The number of urea groups is 1. The molecule has 1 heterocycles. The van der Waals surface area contributed by atoms with E-state index in [9.17, 15) is 24.6 Å². The highest BCUT2D eigenvalue weighted by Crippen LogP contribution is 2.11. The number of rotatable bonds is 8. The summed E-state index contributed by atoms with van der Waals surface area (Å²) < 4.78 is 0. The zero-order valence-corrected chi connectivity index (χ0v) is 12.5. The normalized spacial score (nSPS) is 15.8. The van der Waals surface area contributed by atoms with Crippen LogP contribution in [0.15, 0.2) is 0 Å². The van der Waals surface area contributed by atoms with Gasteiger partial charge < -0.3 is 20.4 Å². The molecule has 8 heteroatoms. The maximum Gasteiger partial charge on any atom is 0.326 e. The lowest BCUT2D eigenvalue weighted by atomic mass is 9.98. The molecule has 0 aromatic carbocycles. The fourth-order valence-corrected chi connectivity index (χ4v) is 2.09. The van der Waals surface area contributed by atoms with Crippen LogP contribution < -0.4 is 5.32 Å². The predicted octanol–water partition coefficient (Wildman–Crippen LogP) is -1.09. The third-order valence-electron chi connectivity index (χ3n) is 3.70. The predicted molar refractivity (Wildman–Crippen MR) is 74.3 cm³/mol. The number of imide groups is 1. The van der Waals surface area contributed by atoms with E-state index in [0.717, 1.165) is 4.90 Å². The first-order chi connectivity index (χ1) is 9.89. The summed E-state index contributed by atoms with van der Waals surface area (Å²) in [5, 5.41) is 21.1. The fraction of sp³-hybridized carbons (Fsp3) is 0.769. The van der Waals surface area contributed by atoms with Crippen LogP contribution >= 0.6 is 0 Å². The molecule has 0 saturated carbocycles. The van der Waals surface area contributed by atoms with Crippen LogP contribution in [0.25, 0.3) is 0 Å². The molecule has 1 saturated heterocycles. The van der Waals surface area contributed by atoms with Crippen LogP contribution in [0.5, 0.6) is 0 Å². The number of likely N-dealkylation sites (N-methyl/N-ethyl adjacent to an activating group) is 1. The number of aliphatic hydroxyl groups excluding tert-OH is 2. The van der Waals surface area contributed by atoms with Crippen LogP contribution in [0.2, 0.25) is 0 Å². The number of aliphatic hydroxyl groups is 2. The van der Waals surface area contributed by atoms with Gasteiger partial charge in [0, 0.05) is 20.0 Å². The summed E-state index contributed by atoms with van der Waals surface area (Å²) in [6, 6.07) is -0.353.